The number of carbonyl (C=O) groups is 1. The number of hydrogen-bond donors (Lipinski definition) is 1. The predicted molar refractivity (Wildman–Crippen MR) is 112 cm³/mol. The van der Waals surface area contributed by atoms with E-state index in [0.717, 1.165) is 43.1 Å². The lowest BCUT2D eigenvalue weighted by molar-refractivity contribution is 0.0827. The third kappa shape index (κ3) is 5.96. The van der Waals surface area contributed by atoms with Crippen LogP contribution >= 0.6 is 0 Å². The number of guanidine groups is 1. The fourth-order valence-electron chi connectivity index (χ4n) is 3.74. The molecule has 1 saturated heterocycles. The lowest BCUT2D eigenvalue weighted by Crippen LogP contribution is -2.46. The topological polar surface area (TPSA) is 51.2 Å². The standard InChI is InChI=1S/C21H35N5O/c1-6-26-14-8-11-19(26)16-25(5)21(22-2)23-13-12-17-9-7-10-18(15-17)20(27)24(3)4/h7,9-10,15,19H,6,8,11-14,16H2,1-5H3,(H,22,23). The molecule has 0 aliphatic carbocycles. The molecule has 1 aliphatic rings. The van der Waals surface area contributed by atoms with Gasteiger partial charge in [-0.1, -0.05) is 19.1 Å². The lowest BCUT2D eigenvalue weighted by atomic mass is 10.1. The zero-order chi connectivity index (χ0) is 19.8. The highest BCUT2D eigenvalue weighted by atomic mass is 16.2. The number of nitrogens with one attached hydrogen (secondary N) is 1. The number of rotatable bonds is 7. The second-order valence-corrected chi connectivity index (χ2v) is 7.43. The monoisotopic (exact) mass is 373 g/mol. The molecule has 1 atom stereocenters. The van der Waals surface area contributed by atoms with Crippen LogP contribution in [0.5, 0.6) is 0 Å². The smallest absolute Gasteiger partial charge is 0.253 e. The lowest BCUT2D eigenvalue weighted by Gasteiger charge is -2.29. The average molecular weight is 374 g/mol. The van der Waals surface area contributed by atoms with E-state index in [0.29, 0.717) is 6.04 Å². The molecule has 0 radical (unpaired) electrons. The van der Waals surface area contributed by atoms with E-state index in [2.05, 4.69) is 40.1 Å². The van der Waals surface area contributed by atoms with Crippen molar-refractivity contribution < 1.29 is 4.79 Å². The van der Waals surface area contributed by atoms with E-state index in [-0.39, 0.29) is 5.91 Å². The Labute approximate surface area is 164 Å². The molecule has 0 saturated carbocycles. The van der Waals surface area contributed by atoms with Crippen molar-refractivity contribution in [1.82, 2.24) is 20.0 Å². The number of carbonyl (C=O) groups excluding carboxylic acids is 1. The normalized spacial score (nSPS) is 17.8. The molecule has 6 heteroatoms. The van der Waals surface area contributed by atoms with Gasteiger partial charge in [0.25, 0.3) is 5.91 Å². The molecule has 0 spiro atoms. The number of benzene rings is 1. The molecule has 0 bridgehead atoms. The van der Waals surface area contributed by atoms with E-state index >= 15 is 0 Å². The molecule has 1 aromatic carbocycles. The average Bonchev–Trinajstić information content (AvgIpc) is 3.11. The van der Waals surface area contributed by atoms with Crippen LogP contribution < -0.4 is 5.32 Å². The maximum absolute atomic E-state index is 12.1. The van der Waals surface area contributed by atoms with Crippen LogP contribution in [0.25, 0.3) is 0 Å². The summed E-state index contributed by atoms with van der Waals surface area (Å²) in [5.41, 5.74) is 1.89. The molecule has 1 fully saturated rings. The van der Waals surface area contributed by atoms with E-state index in [4.69, 9.17) is 0 Å². The van der Waals surface area contributed by atoms with Gasteiger partial charge in [-0.05, 0) is 50.0 Å². The Morgan fingerprint density at radius 1 is 1.33 bits per heavy atom. The Morgan fingerprint density at radius 3 is 2.78 bits per heavy atom. The van der Waals surface area contributed by atoms with E-state index in [1.54, 1.807) is 19.0 Å². The van der Waals surface area contributed by atoms with Gasteiger partial charge < -0.3 is 15.1 Å². The Hall–Kier alpha value is -2.08. The first-order valence-electron chi connectivity index (χ1n) is 9.92. The van der Waals surface area contributed by atoms with Crippen molar-refractivity contribution in [3.8, 4) is 0 Å². The van der Waals surface area contributed by atoms with Crippen molar-refractivity contribution in [3.05, 3.63) is 35.4 Å². The zero-order valence-electron chi connectivity index (χ0n) is 17.5. The molecule has 1 N–H and O–H groups in total. The van der Waals surface area contributed by atoms with Crippen molar-refractivity contribution in [2.45, 2.75) is 32.2 Å². The number of amides is 1. The van der Waals surface area contributed by atoms with E-state index < -0.39 is 0 Å². The highest BCUT2D eigenvalue weighted by Crippen LogP contribution is 2.17. The van der Waals surface area contributed by atoms with Gasteiger partial charge in [0.05, 0.1) is 0 Å². The summed E-state index contributed by atoms with van der Waals surface area (Å²) < 4.78 is 0. The molecular formula is C21H35N5O. The number of aliphatic imine (C=N–C) groups is 1. The first-order chi connectivity index (χ1) is 13.0. The van der Waals surface area contributed by atoms with Crippen molar-refractivity contribution in [1.29, 1.82) is 0 Å². The minimum absolute atomic E-state index is 0.0393. The van der Waals surface area contributed by atoms with Gasteiger partial charge in [-0.25, -0.2) is 0 Å². The second-order valence-electron chi connectivity index (χ2n) is 7.43. The molecule has 2 rings (SSSR count). The third-order valence-corrected chi connectivity index (χ3v) is 5.24. The summed E-state index contributed by atoms with van der Waals surface area (Å²) in [6.07, 6.45) is 3.41. The largest absolute Gasteiger partial charge is 0.356 e. The summed E-state index contributed by atoms with van der Waals surface area (Å²) >= 11 is 0. The Kier molecular flexibility index (Phi) is 8.10. The summed E-state index contributed by atoms with van der Waals surface area (Å²) in [6.45, 7) is 6.36. The summed E-state index contributed by atoms with van der Waals surface area (Å²) in [7, 11) is 7.50. The first kappa shape index (κ1) is 21.2. The SMILES string of the molecule is CCN1CCCC1CN(C)C(=NC)NCCc1cccc(C(=O)N(C)C)c1. The van der Waals surface area contributed by atoms with Crippen molar-refractivity contribution >= 4 is 11.9 Å². The number of likely N-dealkylation sites (tertiary alicyclic amines) is 1. The third-order valence-electron chi connectivity index (χ3n) is 5.24. The Morgan fingerprint density at radius 2 is 2.11 bits per heavy atom. The van der Waals surface area contributed by atoms with Crippen molar-refractivity contribution in [3.63, 3.8) is 0 Å². The summed E-state index contributed by atoms with van der Waals surface area (Å²) in [5, 5.41) is 3.46. The highest BCUT2D eigenvalue weighted by molar-refractivity contribution is 5.94. The quantitative estimate of drug-likeness (QED) is 0.586. The number of likely N-dealkylation sites (N-methyl/N-ethyl adjacent to an activating group) is 2. The molecule has 1 heterocycles. The number of hydrogen-bond acceptors (Lipinski definition) is 3. The van der Waals surface area contributed by atoms with Crippen LogP contribution in [0.4, 0.5) is 0 Å². The Bertz CT molecular complexity index is 643. The molecule has 6 nitrogen and oxygen atoms in total. The summed E-state index contributed by atoms with van der Waals surface area (Å²) in [6, 6.07) is 8.48. The molecule has 0 aromatic heterocycles. The second kappa shape index (κ2) is 10.3. The molecular weight excluding hydrogens is 338 g/mol. The summed E-state index contributed by atoms with van der Waals surface area (Å²) in [4.78, 5) is 22.9. The van der Waals surface area contributed by atoms with Gasteiger partial charge in [-0.2, -0.15) is 0 Å². The van der Waals surface area contributed by atoms with Gasteiger partial charge >= 0.3 is 0 Å². The van der Waals surface area contributed by atoms with Gasteiger partial charge in [-0.3, -0.25) is 14.7 Å². The fourth-order valence-corrected chi connectivity index (χ4v) is 3.74. The maximum atomic E-state index is 12.1. The van der Waals surface area contributed by atoms with E-state index in [1.165, 1.54) is 19.4 Å². The first-order valence-corrected chi connectivity index (χ1v) is 9.92. The maximum Gasteiger partial charge on any atom is 0.253 e. The van der Waals surface area contributed by atoms with Crippen LogP contribution in [0.15, 0.2) is 29.3 Å². The van der Waals surface area contributed by atoms with Crippen LogP contribution in [-0.4, -0.2) is 87.0 Å². The zero-order valence-corrected chi connectivity index (χ0v) is 17.5. The molecule has 1 amide bonds. The number of nitrogens with zero attached hydrogens (tertiary/aromatic N) is 4. The van der Waals surface area contributed by atoms with Gasteiger partial charge in [-0.15, -0.1) is 0 Å². The summed E-state index contributed by atoms with van der Waals surface area (Å²) in [5.74, 6) is 0.968. The van der Waals surface area contributed by atoms with Crippen LogP contribution in [-0.2, 0) is 6.42 Å². The van der Waals surface area contributed by atoms with Crippen LogP contribution in [0, 0.1) is 0 Å². The van der Waals surface area contributed by atoms with Gasteiger partial charge in [0.2, 0.25) is 0 Å². The molecule has 1 unspecified atom stereocenters. The Balaban J connectivity index is 1.86. The minimum atomic E-state index is 0.0393. The van der Waals surface area contributed by atoms with Gasteiger partial charge in [0.1, 0.15) is 0 Å². The molecule has 150 valence electrons. The van der Waals surface area contributed by atoms with Crippen LogP contribution in [0.2, 0.25) is 0 Å². The van der Waals surface area contributed by atoms with Crippen molar-refractivity contribution in [2.24, 2.45) is 4.99 Å². The molecule has 1 aliphatic heterocycles. The molecule has 1 aromatic rings. The van der Waals surface area contributed by atoms with Crippen molar-refractivity contribution in [2.75, 3.05) is 54.4 Å². The van der Waals surface area contributed by atoms with Gasteiger partial charge in [0.15, 0.2) is 5.96 Å². The van der Waals surface area contributed by atoms with E-state index in [9.17, 15) is 4.79 Å². The minimum Gasteiger partial charge on any atom is -0.356 e. The van der Waals surface area contributed by atoms with Crippen LogP contribution in [0.3, 0.4) is 0 Å². The predicted octanol–water partition coefficient (Wildman–Crippen LogP) is 1.92. The van der Waals surface area contributed by atoms with Gasteiger partial charge in [0, 0.05) is 52.9 Å². The van der Waals surface area contributed by atoms with E-state index in [1.807, 2.05) is 25.2 Å². The highest BCUT2D eigenvalue weighted by Gasteiger charge is 2.24. The fraction of sp³-hybridized carbons (Fsp3) is 0.619. The molecule has 27 heavy (non-hydrogen) atoms. The van der Waals surface area contributed by atoms with Crippen LogP contribution in [0.1, 0.15) is 35.7 Å².